The summed E-state index contributed by atoms with van der Waals surface area (Å²) < 4.78 is 6.08. The van der Waals surface area contributed by atoms with Gasteiger partial charge < -0.3 is 9.64 Å². The Balaban J connectivity index is 1.35. The summed E-state index contributed by atoms with van der Waals surface area (Å²) in [6.45, 7) is 5.79. The molecule has 5 nitrogen and oxygen atoms in total. The van der Waals surface area contributed by atoms with E-state index in [1.165, 1.54) is 0 Å². The number of benzene rings is 3. The van der Waals surface area contributed by atoms with Crippen LogP contribution in [0.4, 0.5) is 0 Å². The van der Waals surface area contributed by atoms with Crippen molar-refractivity contribution in [3.8, 4) is 0 Å². The summed E-state index contributed by atoms with van der Waals surface area (Å²) in [5, 5.41) is 0.685. The molecule has 0 spiro atoms. The lowest BCUT2D eigenvalue weighted by atomic mass is 9.98. The van der Waals surface area contributed by atoms with Crippen molar-refractivity contribution in [2.45, 2.75) is 36.9 Å². The highest BCUT2D eigenvalue weighted by molar-refractivity contribution is 8.14. The van der Waals surface area contributed by atoms with Crippen LogP contribution in [0.1, 0.15) is 29.7 Å². The first-order valence-electron chi connectivity index (χ1n) is 11.6. The fourth-order valence-corrected chi connectivity index (χ4v) is 5.83. The quantitative estimate of drug-likeness (QED) is 0.252. The number of amides is 1. The van der Waals surface area contributed by atoms with Gasteiger partial charge in [-0.1, -0.05) is 109 Å². The predicted octanol–water partition coefficient (Wildman–Crippen LogP) is 5.19. The molecular weight excluding hydrogens is 456 g/mol. The van der Waals surface area contributed by atoms with Crippen LogP contribution in [-0.2, 0) is 20.7 Å². The van der Waals surface area contributed by atoms with Crippen molar-refractivity contribution >= 4 is 28.7 Å². The van der Waals surface area contributed by atoms with E-state index in [9.17, 15) is 9.59 Å². The van der Waals surface area contributed by atoms with Crippen LogP contribution in [0.2, 0.25) is 0 Å². The topological polar surface area (TPSA) is 59.0 Å². The first-order valence-corrected chi connectivity index (χ1v) is 12.5. The number of ether oxygens (including phenoxy) is 1. The zero-order chi connectivity index (χ0) is 24.4. The average molecular weight is 483 g/mol. The number of aliphatic imine (C=N–C) groups is 1. The molecule has 0 radical (unpaired) electrons. The molecule has 0 saturated carbocycles. The van der Waals surface area contributed by atoms with Crippen LogP contribution in [0.3, 0.4) is 0 Å². The Morgan fingerprint density at radius 2 is 1.51 bits per heavy atom. The maximum absolute atomic E-state index is 13.6. The molecule has 6 heteroatoms. The summed E-state index contributed by atoms with van der Waals surface area (Å²) in [5.41, 5.74) is 3.44. The number of carbonyl (C=O) groups excluding carboxylic acids is 2. The van der Waals surface area contributed by atoms with Crippen LogP contribution in [0.25, 0.3) is 0 Å². The Labute approximate surface area is 209 Å². The van der Waals surface area contributed by atoms with Gasteiger partial charge in [0.2, 0.25) is 0 Å². The van der Waals surface area contributed by atoms with E-state index in [4.69, 9.17) is 4.74 Å². The summed E-state index contributed by atoms with van der Waals surface area (Å²) in [6, 6.07) is 28.0. The number of thioether (sulfide) groups is 1. The third kappa shape index (κ3) is 4.66. The monoisotopic (exact) mass is 482 g/mol. The van der Waals surface area contributed by atoms with Crippen molar-refractivity contribution in [1.29, 1.82) is 0 Å². The number of fused-ring (bicyclic) bond motifs is 1. The van der Waals surface area contributed by atoms with Gasteiger partial charge in [-0.15, -0.1) is 0 Å². The molecule has 0 aromatic heterocycles. The summed E-state index contributed by atoms with van der Waals surface area (Å²) in [4.78, 5) is 32.9. The predicted molar refractivity (Wildman–Crippen MR) is 139 cm³/mol. The third-order valence-electron chi connectivity index (χ3n) is 6.20. The van der Waals surface area contributed by atoms with E-state index in [2.05, 4.69) is 11.6 Å². The summed E-state index contributed by atoms with van der Waals surface area (Å²) in [7, 11) is 0. The van der Waals surface area contributed by atoms with Crippen molar-refractivity contribution < 1.29 is 14.3 Å². The molecule has 1 saturated heterocycles. The molecule has 5 rings (SSSR count). The van der Waals surface area contributed by atoms with Gasteiger partial charge in [-0.3, -0.25) is 9.79 Å². The summed E-state index contributed by atoms with van der Waals surface area (Å²) >= 11 is 1.55. The molecule has 0 bridgehead atoms. The first kappa shape index (κ1) is 23.1. The molecule has 3 aromatic rings. The van der Waals surface area contributed by atoms with E-state index in [1.807, 2.05) is 91.0 Å². The van der Waals surface area contributed by atoms with E-state index in [-0.39, 0.29) is 11.3 Å². The smallest absolute Gasteiger partial charge is 0.334 e. The highest BCUT2D eigenvalue weighted by atomic mass is 32.2. The molecule has 1 fully saturated rings. The highest BCUT2D eigenvalue weighted by Crippen LogP contribution is 2.42. The summed E-state index contributed by atoms with van der Waals surface area (Å²) in [5.74, 6) is -0.648. The largest absolute Gasteiger partial charge is 0.451 e. The number of hydrogen-bond acceptors (Lipinski definition) is 5. The molecule has 3 atom stereocenters. The minimum absolute atomic E-state index is 0.161. The van der Waals surface area contributed by atoms with Gasteiger partial charge in [-0.25, -0.2) is 4.79 Å². The van der Waals surface area contributed by atoms with Crippen molar-refractivity contribution in [2.24, 2.45) is 4.99 Å². The highest BCUT2D eigenvalue weighted by Gasteiger charge is 2.56. The van der Waals surface area contributed by atoms with Crippen molar-refractivity contribution in [1.82, 2.24) is 4.90 Å². The van der Waals surface area contributed by atoms with Crippen LogP contribution < -0.4 is 0 Å². The Kier molecular flexibility index (Phi) is 6.55. The first-order chi connectivity index (χ1) is 17.0. The molecule has 2 heterocycles. The molecule has 0 unspecified atom stereocenters. The van der Waals surface area contributed by atoms with Crippen molar-refractivity contribution in [2.75, 3.05) is 0 Å². The zero-order valence-corrected chi connectivity index (χ0v) is 20.2. The number of rotatable bonds is 8. The molecule has 35 heavy (non-hydrogen) atoms. The van der Waals surface area contributed by atoms with Crippen LogP contribution in [0, 0.1) is 0 Å². The number of carbonyl (C=O) groups is 2. The molecule has 0 N–H and O–H groups in total. The Morgan fingerprint density at radius 1 is 0.971 bits per heavy atom. The lowest BCUT2D eigenvalue weighted by Crippen LogP contribution is -2.66. The van der Waals surface area contributed by atoms with Crippen LogP contribution in [0.15, 0.2) is 108 Å². The number of β-lactam (4-membered cyclic amide) rings is 1. The standard InChI is InChI=1S/C29H26N2O3S/c1-19(2)25(29(33)34-26(21-14-8-4-9-15-21)22-16-10-5-11-17-22)31-27(32)24-28(31)35-23(30-24)18-20-12-6-3-7-13-20/h3-17,24-26,28H,1,18H2,2H3/t24-,25-,28-/m1/s1. The number of hydrogen-bond donors (Lipinski definition) is 0. The van der Waals surface area contributed by atoms with Gasteiger partial charge in [-0.05, 0) is 29.2 Å². The van der Waals surface area contributed by atoms with E-state index in [1.54, 1.807) is 23.6 Å². The molecule has 1 amide bonds. The van der Waals surface area contributed by atoms with Crippen LogP contribution in [0.5, 0.6) is 0 Å². The fraction of sp³-hybridized carbons (Fsp3) is 0.207. The lowest BCUT2D eigenvalue weighted by molar-refractivity contribution is -0.163. The van der Waals surface area contributed by atoms with E-state index >= 15 is 0 Å². The second-order valence-electron chi connectivity index (χ2n) is 8.77. The number of esters is 1. The Bertz CT molecular complexity index is 1220. The molecule has 3 aromatic carbocycles. The average Bonchev–Trinajstić information content (AvgIpc) is 3.25. The maximum Gasteiger partial charge on any atom is 0.334 e. The van der Waals surface area contributed by atoms with Gasteiger partial charge in [0.25, 0.3) is 5.91 Å². The number of nitrogens with zero attached hydrogens (tertiary/aromatic N) is 2. The van der Waals surface area contributed by atoms with Gasteiger partial charge >= 0.3 is 5.97 Å². The van der Waals surface area contributed by atoms with E-state index < -0.39 is 24.2 Å². The van der Waals surface area contributed by atoms with Crippen molar-refractivity contribution in [3.63, 3.8) is 0 Å². The van der Waals surface area contributed by atoms with Crippen LogP contribution in [-0.4, -0.2) is 39.3 Å². The zero-order valence-electron chi connectivity index (χ0n) is 19.4. The van der Waals surface area contributed by atoms with Gasteiger partial charge in [0.15, 0.2) is 18.2 Å². The Morgan fingerprint density at radius 3 is 2.06 bits per heavy atom. The minimum Gasteiger partial charge on any atom is -0.451 e. The minimum atomic E-state index is -0.863. The molecular formula is C29H26N2O3S. The van der Waals surface area contributed by atoms with Gasteiger partial charge in [0.05, 0.1) is 5.04 Å². The van der Waals surface area contributed by atoms with Gasteiger partial charge in [0, 0.05) is 6.42 Å². The Hall–Kier alpha value is -3.64. The maximum atomic E-state index is 13.6. The SMILES string of the molecule is C=C(C)[C@H](C(=O)OC(c1ccccc1)c1ccccc1)N1C(=O)[C@H]2N=C(Cc3ccccc3)S[C@H]21. The lowest BCUT2D eigenvalue weighted by Gasteiger charge is -2.45. The second kappa shape index (κ2) is 9.92. The van der Waals surface area contributed by atoms with Gasteiger partial charge in [-0.2, -0.15) is 0 Å². The second-order valence-corrected chi connectivity index (χ2v) is 9.96. The van der Waals surface area contributed by atoms with E-state index in [0.717, 1.165) is 21.7 Å². The fourth-order valence-electron chi connectivity index (χ4n) is 4.48. The van der Waals surface area contributed by atoms with Crippen LogP contribution >= 0.6 is 11.8 Å². The van der Waals surface area contributed by atoms with E-state index in [0.29, 0.717) is 12.0 Å². The molecule has 176 valence electrons. The third-order valence-corrected chi connectivity index (χ3v) is 7.44. The number of likely N-dealkylation sites (tertiary alicyclic amines) is 1. The normalized spacial score (nSPS) is 19.5. The molecule has 2 aliphatic heterocycles. The van der Waals surface area contributed by atoms with Gasteiger partial charge in [0.1, 0.15) is 5.37 Å². The summed E-state index contributed by atoms with van der Waals surface area (Å²) in [6.07, 6.45) is 0.0892. The molecule has 2 aliphatic rings. The van der Waals surface area contributed by atoms with Crippen molar-refractivity contribution in [3.05, 3.63) is 120 Å². The molecule has 0 aliphatic carbocycles.